The average molecular weight is 346 g/mol. The fraction of sp³-hybridized carbons (Fsp3) is 0.444. The van der Waals surface area contributed by atoms with Crippen LogP contribution < -0.4 is 4.74 Å². The minimum absolute atomic E-state index is 0.0126. The van der Waals surface area contributed by atoms with Gasteiger partial charge in [-0.25, -0.2) is 0 Å². The number of hydrogen-bond acceptors (Lipinski definition) is 3. The topological polar surface area (TPSA) is 58.2 Å². The Morgan fingerprint density at radius 2 is 2.29 bits per heavy atom. The highest BCUT2D eigenvalue weighted by Gasteiger charge is 2.44. The zero-order chi connectivity index (χ0) is 16.7. The van der Waals surface area contributed by atoms with E-state index in [1.807, 2.05) is 11.1 Å². The van der Waals surface area contributed by atoms with Gasteiger partial charge in [-0.15, -0.1) is 0 Å². The number of methoxy groups -OCH3 is 1. The molecule has 1 unspecified atom stereocenters. The summed E-state index contributed by atoms with van der Waals surface area (Å²) in [5.74, 6) is 0.555. The first-order chi connectivity index (χ1) is 11.6. The van der Waals surface area contributed by atoms with E-state index in [1.165, 1.54) is 11.3 Å². The molecule has 0 saturated carbocycles. The molecule has 0 radical (unpaired) electrons. The van der Waals surface area contributed by atoms with Gasteiger partial charge in [-0.3, -0.25) is 9.89 Å². The van der Waals surface area contributed by atoms with Gasteiger partial charge in [0.2, 0.25) is 0 Å². The molecule has 1 aromatic heterocycles. The van der Waals surface area contributed by atoms with Gasteiger partial charge in [0.15, 0.2) is 0 Å². The molecule has 24 heavy (non-hydrogen) atoms. The fourth-order valence-corrected chi connectivity index (χ4v) is 4.36. The van der Waals surface area contributed by atoms with Crippen molar-refractivity contribution in [1.82, 2.24) is 15.1 Å². The number of likely N-dealkylation sites (tertiary alicyclic amines) is 1. The minimum Gasteiger partial charge on any atom is -0.496 e. The molecule has 1 spiro atoms. The van der Waals surface area contributed by atoms with Gasteiger partial charge in [-0.05, 0) is 49.4 Å². The highest BCUT2D eigenvalue weighted by Crippen LogP contribution is 2.44. The third kappa shape index (κ3) is 2.38. The van der Waals surface area contributed by atoms with Crippen LogP contribution in [-0.4, -0.2) is 41.2 Å². The molecule has 126 valence electrons. The Morgan fingerprint density at radius 1 is 1.42 bits per heavy atom. The van der Waals surface area contributed by atoms with Gasteiger partial charge in [0.05, 0.1) is 18.9 Å². The number of fused-ring (bicyclic) bond motifs is 2. The summed E-state index contributed by atoms with van der Waals surface area (Å²) in [5.41, 5.74) is 3.07. The molecule has 1 fully saturated rings. The summed E-state index contributed by atoms with van der Waals surface area (Å²) < 4.78 is 5.35. The van der Waals surface area contributed by atoms with Gasteiger partial charge in [0.25, 0.3) is 5.91 Å². The Kier molecular flexibility index (Phi) is 3.76. The summed E-state index contributed by atoms with van der Waals surface area (Å²) >= 11 is 6.09. The first-order valence-electron chi connectivity index (χ1n) is 8.28. The van der Waals surface area contributed by atoms with Crippen LogP contribution in [0.25, 0.3) is 0 Å². The first kappa shape index (κ1) is 15.5. The quantitative estimate of drug-likeness (QED) is 0.909. The van der Waals surface area contributed by atoms with Crippen molar-refractivity contribution < 1.29 is 9.53 Å². The number of benzene rings is 1. The van der Waals surface area contributed by atoms with Crippen molar-refractivity contribution in [2.75, 3.05) is 20.2 Å². The van der Waals surface area contributed by atoms with Crippen LogP contribution in [0.15, 0.2) is 24.4 Å². The lowest BCUT2D eigenvalue weighted by Crippen LogP contribution is -2.47. The van der Waals surface area contributed by atoms with E-state index in [2.05, 4.69) is 10.2 Å². The number of aromatic amines is 1. The molecule has 1 atom stereocenters. The van der Waals surface area contributed by atoms with E-state index in [9.17, 15) is 4.79 Å². The van der Waals surface area contributed by atoms with E-state index in [4.69, 9.17) is 16.3 Å². The van der Waals surface area contributed by atoms with Crippen LogP contribution in [0.1, 0.15) is 40.9 Å². The van der Waals surface area contributed by atoms with Crippen LogP contribution in [-0.2, 0) is 11.8 Å². The number of ether oxygens (including phenoxy) is 1. The zero-order valence-corrected chi connectivity index (χ0v) is 14.4. The largest absolute Gasteiger partial charge is 0.496 e. The number of carbonyl (C=O) groups excluding carboxylic acids is 1. The minimum atomic E-state index is -0.0126. The van der Waals surface area contributed by atoms with Crippen LogP contribution >= 0.6 is 11.6 Å². The fourth-order valence-electron chi connectivity index (χ4n) is 4.19. The van der Waals surface area contributed by atoms with Crippen LogP contribution in [0.4, 0.5) is 0 Å². The summed E-state index contributed by atoms with van der Waals surface area (Å²) in [6.07, 6.45) is 6.12. The van der Waals surface area contributed by atoms with E-state index < -0.39 is 0 Å². The SMILES string of the molecule is COc1ccc(Cl)cc1C(=O)N1CCCC2(CCc3cn[nH]c32)C1. The van der Waals surface area contributed by atoms with Crippen molar-refractivity contribution in [3.8, 4) is 5.75 Å². The molecule has 1 N–H and O–H groups in total. The molecular weight excluding hydrogens is 326 g/mol. The summed E-state index contributed by atoms with van der Waals surface area (Å²) in [7, 11) is 1.57. The number of hydrogen-bond donors (Lipinski definition) is 1. The van der Waals surface area contributed by atoms with Crippen molar-refractivity contribution in [3.63, 3.8) is 0 Å². The monoisotopic (exact) mass is 345 g/mol. The van der Waals surface area contributed by atoms with Gasteiger partial charge in [-0.2, -0.15) is 5.10 Å². The molecule has 1 aliphatic carbocycles. The molecule has 4 rings (SSSR count). The van der Waals surface area contributed by atoms with Crippen LogP contribution in [0, 0.1) is 0 Å². The summed E-state index contributed by atoms with van der Waals surface area (Å²) in [6, 6.07) is 5.18. The normalized spacial score (nSPS) is 22.7. The van der Waals surface area contributed by atoms with E-state index in [0.29, 0.717) is 16.3 Å². The van der Waals surface area contributed by atoms with Crippen LogP contribution in [0.2, 0.25) is 5.02 Å². The van der Waals surface area contributed by atoms with Crippen molar-refractivity contribution >= 4 is 17.5 Å². The van der Waals surface area contributed by atoms with Crippen LogP contribution in [0.5, 0.6) is 5.75 Å². The second-order valence-electron chi connectivity index (χ2n) is 6.73. The average Bonchev–Trinajstić information content (AvgIpc) is 3.19. The zero-order valence-electron chi connectivity index (χ0n) is 13.6. The molecule has 1 saturated heterocycles. The first-order valence-corrected chi connectivity index (χ1v) is 8.66. The Morgan fingerprint density at radius 3 is 3.12 bits per heavy atom. The van der Waals surface area contributed by atoms with Gasteiger partial charge in [-0.1, -0.05) is 11.6 Å². The molecule has 2 aromatic rings. The lowest BCUT2D eigenvalue weighted by Gasteiger charge is -2.40. The van der Waals surface area contributed by atoms with E-state index in [1.54, 1.807) is 25.3 Å². The Labute approximate surface area is 145 Å². The van der Waals surface area contributed by atoms with Gasteiger partial charge >= 0.3 is 0 Å². The maximum Gasteiger partial charge on any atom is 0.257 e. The van der Waals surface area contributed by atoms with E-state index >= 15 is 0 Å². The molecule has 5 nitrogen and oxygen atoms in total. The maximum atomic E-state index is 13.1. The standard InChI is InChI=1S/C18H20ClN3O2/c1-24-15-4-3-13(19)9-14(15)17(23)22-8-2-6-18(11-22)7-5-12-10-20-21-16(12)18/h3-4,9-10H,2,5-8,11H2,1H3,(H,20,21). The summed E-state index contributed by atoms with van der Waals surface area (Å²) in [6.45, 7) is 1.48. The molecule has 1 aliphatic heterocycles. The molecule has 1 aromatic carbocycles. The maximum absolute atomic E-state index is 13.1. The highest BCUT2D eigenvalue weighted by atomic mass is 35.5. The second kappa shape index (κ2) is 5.81. The Bertz CT molecular complexity index is 788. The Hall–Kier alpha value is -2.01. The molecule has 2 aliphatic rings. The summed E-state index contributed by atoms with van der Waals surface area (Å²) in [5, 5.41) is 7.91. The van der Waals surface area contributed by atoms with Gasteiger partial charge < -0.3 is 9.64 Å². The molecule has 6 heteroatoms. The smallest absolute Gasteiger partial charge is 0.257 e. The van der Waals surface area contributed by atoms with Crippen LogP contribution in [0.3, 0.4) is 0 Å². The van der Waals surface area contributed by atoms with Crippen molar-refractivity contribution in [2.45, 2.75) is 31.1 Å². The predicted octanol–water partition coefficient (Wildman–Crippen LogP) is 3.19. The number of nitrogens with zero attached hydrogens (tertiary/aromatic N) is 2. The van der Waals surface area contributed by atoms with Gasteiger partial charge in [0, 0.05) is 29.2 Å². The number of nitrogens with one attached hydrogen (secondary N) is 1. The molecule has 1 amide bonds. The number of rotatable bonds is 2. The second-order valence-corrected chi connectivity index (χ2v) is 7.16. The van der Waals surface area contributed by atoms with Crippen molar-refractivity contribution in [3.05, 3.63) is 46.2 Å². The van der Waals surface area contributed by atoms with E-state index in [0.717, 1.165) is 38.8 Å². The number of carbonyl (C=O) groups is 1. The number of amides is 1. The number of H-pyrrole nitrogens is 1. The number of aryl methyl sites for hydroxylation is 1. The molecule has 0 bridgehead atoms. The molecular formula is C18H20ClN3O2. The van der Waals surface area contributed by atoms with Gasteiger partial charge in [0.1, 0.15) is 5.75 Å². The number of aromatic nitrogens is 2. The summed E-state index contributed by atoms with van der Waals surface area (Å²) in [4.78, 5) is 15.0. The lowest BCUT2D eigenvalue weighted by atomic mass is 9.77. The van der Waals surface area contributed by atoms with Crippen molar-refractivity contribution in [2.24, 2.45) is 0 Å². The third-order valence-corrected chi connectivity index (χ3v) is 5.61. The Balaban J connectivity index is 1.64. The number of piperidine rings is 1. The predicted molar refractivity (Wildman–Crippen MR) is 91.7 cm³/mol. The van der Waals surface area contributed by atoms with Crippen molar-refractivity contribution in [1.29, 1.82) is 0 Å². The van der Waals surface area contributed by atoms with E-state index in [-0.39, 0.29) is 11.3 Å². The molecule has 2 heterocycles. The highest BCUT2D eigenvalue weighted by molar-refractivity contribution is 6.31. The third-order valence-electron chi connectivity index (χ3n) is 5.38. The number of halogens is 1. The lowest BCUT2D eigenvalue weighted by molar-refractivity contribution is 0.0629.